The predicted molar refractivity (Wildman–Crippen MR) is 118 cm³/mol. The summed E-state index contributed by atoms with van der Waals surface area (Å²) in [5.41, 5.74) is 4.32. The minimum absolute atomic E-state index is 0.0700. The van der Waals surface area contributed by atoms with Gasteiger partial charge in [0.25, 0.3) is 5.91 Å². The fourth-order valence-electron chi connectivity index (χ4n) is 5.01. The summed E-state index contributed by atoms with van der Waals surface area (Å²) in [6.45, 7) is 7.86. The van der Waals surface area contributed by atoms with E-state index in [-0.39, 0.29) is 23.0 Å². The number of dihydropyridines is 1. The average Bonchev–Trinajstić information content (AvgIpc) is 2.66. The van der Waals surface area contributed by atoms with Crippen LogP contribution in [0.2, 0.25) is 0 Å². The normalized spacial score (nSPS) is 24.3. The number of halogens is 1. The van der Waals surface area contributed by atoms with E-state index < -0.39 is 0 Å². The van der Waals surface area contributed by atoms with E-state index in [0.29, 0.717) is 6.42 Å². The van der Waals surface area contributed by atoms with Gasteiger partial charge in [0, 0.05) is 52.4 Å². The van der Waals surface area contributed by atoms with Crippen LogP contribution in [-0.2, 0) is 9.59 Å². The molecule has 1 saturated heterocycles. The van der Waals surface area contributed by atoms with Gasteiger partial charge in [0.2, 0.25) is 0 Å². The van der Waals surface area contributed by atoms with Crippen molar-refractivity contribution in [2.75, 3.05) is 13.1 Å². The highest BCUT2D eigenvalue weighted by molar-refractivity contribution is 9.10. The molecule has 4 rings (SSSR count). The third-order valence-corrected chi connectivity index (χ3v) is 6.79. The van der Waals surface area contributed by atoms with Gasteiger partial charge in [-0.3, -0.25) is 9.59 Å². The summed E-state index contributed by atoms with van der Waals surface area (Å²) in [5.74, 6) is -0.0733. The van der Waals surface area contributed by atoms with Gasteiger partial charge in [-0.1, -0.05) is 41.9 Å². The Morgan fingerprint density at radius 3 is 2.59 bits per heavy atom. The molecule has 1 N–H and O–H groups in total. The van der Waals surface area contributed by atoms with E-state index in [1.165, 1.54) is 6.42 Å². The van der Waals surface area contributed by atoms with Gasteiger partial charge >= 0.3 is 0 Å². The molecule has 2 heterocycles. The van der Waals surface area contributed by atoms with Crippen molar-refractivity contribution in [3.8, 4) is 0 Å². The second kappa shape index (κ2) is 7.75. The number of nitrogens with zero attached hydrogens (tertiary/aromatic N) is 1. The second-order valence-corrected chi connectivity index (χ2v) is 10.3. The van der Waals surface area contributed by atoms with Crippen molar-refractivity contribution in [2.24, 2.45) is 5.41 Å². The van der Waals surface area contributed by atoms with Gasteiger partial charge in [-0.2, -0.15) is 0 Å². The smallest absolute Gasteiger partial charge is 0.252 e. The molecule has 1 unspecified atom stereocenters. The van der Waals surface area contributed by atoms with Crippen molar-refractivity contribution >= 4 is 27.6 Å². The molecule has 4 nitrogen and oxygen atoms in total. The lowest BCUT2D eigenvalue weighted by molar-refractivity contribution is -0.128. The molecule has 3 aliphatic rings. The first-order valence-corrected chi connectivity index (χ1v) is 11.3. The van der Waals surface area contributed by atoms with Crippen LogP contribution in [0.5, 0.6) is 0 Å². The number of likely N-dealkylation sites (tertiary alicyclic amines) is 1. The Balaban J connectivity index is 1.83. The first-order chi connectivity index (χ1) is 13.8. The number of benzene rings is 1. The van der Waals surface area contributed by atoms with Crippen molar-refractivity contribution in [1.29, 1.82) is 0 Å². The predicted octanol–water partition coefficient (Wildman–Crippen LogP) is 5.07. The van der Waals surface area contributed by atoms with Crippen molar-refractivity contribution in [3.63, 3.8) is 0 Å². The van der Waals surface area contributed by atoms with E-state index in [1.807, 2.05) is 36.1 Å². The number of allylic oxidation sites excluding steroid dienone is 3. The van der Waals surface area contributed by atoms with Gasteiger partial charge < -0.3 is 10.2 Å². The number of carbonyl (C=O) groups is 2. The van der Waals surface area contributed by atoms with Crippen molar-refractivity contribution in [1.82, 2.24) is 10.2 Å². The molecular weight excluding hydrogens is 428 g/mol. The van der Waals surface area contributed by atoms with E-state index in [0.717, 1.165) is 64.9 Å². The number of carbonyl (C=O) groups excluding carboxylic acids is 2. The van der Waals surface area contributed by atoms with Gasteiger partial charge in [0.1, 0.15) is 0 Å². The summed E-state index contributed by atoms with van der Waals surface area (Å²) in [6, 6.07) is 8.05. The molecule has 0 aromatic heterocycles. The van der Waals surface area contributed by atoms with E-state index in [2.05, 4.69) is 35.1 Å². The van der Waals surface area contributed by atoms with Gasteiger partial charge in [0.15, 0.2) is 5.78 Å². The van der Waals surface area contributed by atoms with Crippen molar-refractivity contribution in [3.05, 3.63) is 56.8 Å². The zero-order chi connectivity index (χ0) is 20.8. The Morgan fingerprint density at radius 1 is 1.17 bits per heavy atom. The van der Waals surface area contributed by atoms with Gasteiger partial charge in [0.05, 0.1) is 0 Å². The van der Waals surface area contributed by atoms with Crippen molar-refractivity contribution < 1.29 is 9.59 Å². The van der Waals surface area contributed by atoms with Gasteiger partial charge in [-0.25, -0.2) is 0 Å². The molecule has 0 spiro atoms. The van der Waals surface area contributed by atoms with E-state index >= 15 is 0 Å². The summed E-state index contributed by atoms with van der Waals surface area (Å²) in [4.78, 5) is 28.9. The fraction of sp³-hybridized carbons (Fsp3) is 0.500. The number of rotatable bonds is 2. The molecule has 1 aliphatic carbocycles. The Labute approximate surface area is 181 Å². The lowest BCUT2D eigenvalue weighted by Gasteiger charge is -2.41. The lowest BCUT2D eigenvalue weighted by atomic mass is 9.68. The summed E-state index contributed by atoms with van der Waals surface area (Å²) in [7, 11) is 0. The lowest BCUT2D eigenvalue weighted by Crippen LogP contribution is -2.43. The number of hydrogen-bond acceptors (Lipinski definition) is 3. The first-order valence-electron chi connectivity index (χ1n) is 10.6. The molecule has 1 fully saturated rings. The number of Topliss-reactive ketones (excluding diaryl/α,β-unsaturated/α-hetero) is 1. The number of hydrogen-bond donors (Lipinski definition) is 1. The molecule has 1 atom stereocenters. The highest BCUT2D eigenvalue weighted by Crippen LogP contribution is 2.47. The second-order valence-electron chi connectivity index (χ2n) is 9.34. The molecule has 0 radical (unpaired) electrons. The van der Waals surface area contributed by atoms with Crippen LogP contribution in [0.3, 0.4) is 0 Å². The molecule has 0 bridgehead atoms. The topological polar surface area (TPSA) is 49.4 Å². The zero-order valence-electron chi connectivity index (χ0n) is 17.5. The van der Waals surface area contributed by atoms with Crippen LogP contribution in [0.25, 0.3) is 0 Å². The maximum Gasteiger partial charge on any atom is 0.252 e. The molecule has 1 aromatic rings. The zero-order valence-corrected chi connectivity index (χ0v) is 19.1. The highest BCUT2D eigenvalue weighted by Gasteiger charge is 2.43. The molecule has 29 heavy (non-hydrogen) atoms. The number of nitrogens with one attached hydrogen (secondary N) is 1. The van der Waals surface area contributed by atoms with E-state index in [1.54, 1.807) is 0 Å². The molecule has 0 saturated carbocycles. The third kappa shape index (κ3) is 3.94. The summed E-state index contributed by atoms with van der Waals surface area (Å²) in [6.07, 6.45) is 4.61. The SMILES string of the molecule is CC1=C(C(=O)N2CCCCC2)C(c2cccc(Br)c2)C2=C(CC(C)(C)CC2=O)N1. The average molecular weight is 457 g/mol. The van der Waals surface area contributed by atoms with Crippen molar-refractivity contribution in [2.45, 2.75) is 58.8 Å². The summed E-state index contributed by atoms with van der Waals surface area (Å²) >= 11 is 3.57. The van der Waals surface area contributed by atoms with Crippen LogP contribution in [0.1, 0.15) is 64.4 Å². The third-order valence-electron chi connectivity index (χ3n) is 6.30. The Morgan fingerprint density at radius 2 is 1.90 bits per heavy atom. The molecule has 5 heteroatoms. The summed E-state index contributed by atoms with van der Waals surface area (Å²) in [5, 5.41) is 3.47. The van der Waals surface area contributed by atoms with Crippen LogP contribution in [0.4, 0.5) is 0 Å². The Bertz CT molecular complexity index is 923. The van der Waals surface area contributed by atoms with E-state index in [9.17, 15) is 9.59 Å². The number of amides is 1. The highest BCUT2D eigenvalue weighted by atomic mass is 79.9. The Kier molecular flexibility index (Phi) is 5.45. The molecule has 2 aliphatic heterocycles. The minimum Gasteiger partial charge on any atom is -0.362 e. The standard InChI is InChI=1S/C24H29BrN2O2/c1-15-20(23(29)27-10-5-4-6-11-27)21(16-8-7-9-17(25)12-16)22-18(26-15)13-24(2,3)14-19(22)28/h7-9,12,21,26H,4-6,10-11,13-14H2,1-3H3. The number of ketones is 1. The fourth-order valence-corrected chi connectivity index (χ4v) is 5.42. The first kappa shape index (κ1) is 20.4. The molecular formula is C24H29BrN2O2. The Hall–Kier alpha value is -1.88. The van der Waals surface area contributed by atoms with Crippen LogP contribution in [0.15, 0.2) is 51.3 Å². The summed E-state index contributed by atoms with van der Waals surface area (Å²) < 4.78 is 0.960. The molecule has 1 amide bonds. The number of piperidine rings is 1. The van der Waals surface area contributed by atoms with Crippen LogP contribution in [-0.4, -0.2) is 29.7 Å². The van der Waals surface area contributed by atoms with Gasteiger partial charge in [-0.05, 0) is 55.7 Å². The van der Waals surface area contributed by atoms with Crippen LogP contribution in [0, 0.1) is 5.41 Å². The molecule has 1 aromatic carbocycles. The van der Waals surface area contributed by atoms with Crippen LogP contribution < -0.4 is 5.32 Å². The monoisotopic (exact) mass is 456 g/mol. The van der Waals surface area contributed by atoms with Gasteiger partial charge in [-0.15, -0.1) is 0 Å². The maximum absolute atomic E-state index is 13.6. The van der Waals surface area contributed by atoms with E-state index in [4.69, 9.17) is 0 Å². The maximum atomic E-state index is 13.6. The largest absolute Gasteiger partial charge is 0.362 e. The minimum atomic E-state index is -0.304. The molecule has 154 valence electrons. The van der Waals surface area contributed by atoms with Crippen LogP contribution >= 0.6 is 15.9 Å². The quantitative estimate of drug-likeness (QED) is 0.675.